The average molecular weight is 273 g/mol. The lowest BCUT2D eigenvalue weighted by atomic mass is 10.2. The Balaban J connectivity index is 2.02. The van der Waals surface area contributed by atoms with Crippen LogP contribution in [0.2, 0.25) is 0 Å². The number of rotatable bonds is 5. The SMILES string of the molecule is CCOc1ccc(/C=N/Nc2nc(=O)[nH]nc2C)cc1. The van der Waals surface area contributed by atoms with Crippen molar-refractivity contribution in [2.24, 2.45) is 5.10 Å². The molecule has 0 spiro atoms. The minimum Gasteiger partial charge on any atom is -0.494 e. The summed E-state index contributed by atoms with van der Waals surface area (Å²) < 4.78 is 5.35. The first-order valence-electron chi connectivity index (χ1n) is 6.14. The highest BCUT2D eigenvalue weighted by Gasteiger charge is 2.00. The smallest absolute Gasteiger partial charge is 0.363 e. The summed E-state index contributed by atoms with van der Waals surface area (Å²) in [5, 5.41) is 10.0. The zero-order chi connectivity index (χ0) is 14.4. The number of H-pyrrole nitrogens is 1. The van der Waals surface area contributed by atoms with Gasteiger partial charge in [0.15, 0.2) is 5.82 Å². The molecule has 0 saturated heterocycles. The Bertz CT molecular complexity index is 649. The second kappa shape index (κ2) is 6.46. The number of hydrogen-bond acceptors (Lipinski definition) is 6. The number of aryl methyl sites for hydroxylation is 1. The van der Waals surface area contributed by atoms with E-state index in [1.807, 2.05) is 31.2 Å². The van der Waals surface area contributed by atoms with Crippen LogP contribution in [0.15, 0.2) is 34.2 Å². The lowest BCUT2D eigenvalue weighted by Gasteiger charge is -2.02. The van der Waals surface area contributed by atoms with Crippen LogP contribution in [0.25, 0.3) is 0 Å². The third kappa shape index (κ3) is 3.64. The molecule has 0 bridgehead atoms. The van der Waals surface area contributed by atoms with E-state index in [9.17, 15) is 4.79 Å². The third-order valence-corrected chi connectivity index (χ3v) is 2.45. The number of aromatic nitrogens is 3. The zero-order valence-corrected chi connectivity index (χ0v) is 11.3. The van der Waals surface area contributed by atoms with Crippen molar-refractivity contribution in [2.45, 2.75) is 13.8 Å². The molecule has 0 unspecified atom stereocenters. The van der Waals surface area contributed by atoms with Crippen LogP contribution in [0.5, 0.6) is 5.75 Å². The topological polar surface area (TPSA) is 92.3 Å². The van der Waals surface area contributed by atoms with E-state index in [2.05, 4.69) is 25.7 Å². The van der Waals surface area contributed by atoms with E-state index >= 15 is 0 Å². The molecule has 1 aromatic heterocycles. The van der Waals surface area contributed by atoms with Gasteiger partial charge in [0.2, 0.25) is 0 Å². The lowest BCUT2D eigenvalue weighted by Crippen LogP contribution is -2.15. The van der Waals surface area contributed by atoms with Crippen molar-refractivity contribution < 1.29 is 4.74 Å². The Morgan fingerprint density at radius 1 is 1.40 bits per heavy atom. The van der Waals surface area contributed by atoms with Gasteiger partial charge in [-0.3, -0.25) is 5.43 Å². The van der Waals surface area contributed by atoms with Crippen molar-refractivity contribution in [3.63, 3.8) is 0 Å². The van der Waals surface area contributed by atoms with Gasteiger partial charge in [0.05, 0.1) is 12.8 Å². The Labute approximate surface area is 115 Å². The van der Waals surface area contributed by atoms with Crippen LogP contribution in [0.4, 0.5) is 5.82 Å². The zero-order valence-electron chi connectivity index (χ0n) is 11.3. The van der Waals surface area contributed by atoms with Crippen molar-refractivity contribution in [1.29, 1.82) is 0 Å². The summed E-state index contributed by atoms with van der Waals surface area (Å²) in [6.07, 6.45) is 1.62. The van der Waals surface area contributed by atoms with Crippen molar-refractivity contribution in [3.05, 3.63) is 46.0 Å². The molecule has 1 aromatic carbocycles. The summed E-state index contributed by atoms with van der Waals surface area (Å²) in [6, 6.07) is 7.49. The molecule has 104 valence electrons. The quantitative estimate of drug-likeness (QED) is 0.633. The summed E-state index contributed by atoms with van der Waals surface area (Å²) in [7, 11) is 0. The fourth-order valence-electron chi connectivity index (χ4n) is 1.48. The Morgan fingerprint density at radius 3 is 2.85 bits per heavy atom. The van der Waals surface area contributed by atoms with Gasteiger partial charge in [-0.1, -0.05) is 0 Å². The van der Waals surface area contributed by atoms with Gasteiger partial charge in [0.25, 0.3) is 0 Å². The minimum atomic E-state index is -0.519. The number of benzene rings is 1. The molecule has 0 aliphatic carbocycles. The van der Waals surface area contributed by atoms with Crippen LogP contribution in [0.1, 0.15) is 18.2 Å². The maximum absolute atomic E-state index is 11.0. The Morgan fingerprint density at radius 2 is 2.15 bits per heavy atom. The van der Waals surface area contributed by atoms with Crippen LogP contribution in [-0.2, 0) is 0 Å². The number of anilines is 1. The van der Waals surface area contributed by atoms with E-state index in [-0.39, 0.29) is 0 Å². The molecule has 0 saturated carbocycles. The van der Waals surface area contributed by atoms with E-state index in [1.165, 1.54) is 0 Å². The summed E-state index contributed by atoms with van der Waals surface area (Å²) in [6.45, 7) is 4.29. The molecule has 2 rings (SSSR count). The minimum absolute atomic E-state index is 0.330. The van der Waals surface area contributed by atoms with E-state index < -0.39 is 5.69 Å². The highest BCUT2D eigenvalue weighted by Crippen LogP contribution is 2.11. The fourth-order valence-corrected chi connectivity index (χ4v) is 1.48. The number of nitrogens with one attached hydrogen (secondary N) is 2. The molecule has 0 fully saturated rings. The van der Waals surface area contributed by atoms with Gasteiger partial charge >= 0.3 is 5.69 Å². The molecule has 20 heavy (non-hydrogen) atoms. The van der Waals surface area contributed by atoms with Gasteiger partial charge < -0.3 is 4.74 Å². The molecule has 0 radical (unpaired) electrons. The number of ether oxygens (including phenoxy) is 1. The molecule has 0 aliphatic heterocycles. The fraction of sp³-hybridized carbons (Fsp3) is 0.231. The predicted octanol–water partition coefficient (Wildman–Crippen LogP) is 1.32. The number of hydrazone groups is 1. The van der Waals surface area contributed by atoms with Crippen LogP contribution < -0.4 is 15.9 Å². The molecule has 0 atom stereocenters. The first-order chi connectivity index (χ1) is 9.69. The molecular weight excluding hydrogens is 258 g/mol. The summed E-state index contributed by atoms with van der Waals surface area (Å²) >= 11 is 0. The number of nitrogens with zero attached hydrogens (tertiary/aromatic N) is 3. The molecule has 7 heteroatoms. The summed E-state index contributed by atoms with van der Waals surface area (Å²) in [5.41, 5.74) is 3.63. The van der Waals surface area contributed by atoms with Gasteiger partial charge in [-0.2, -0.15) is 15.2 Å². The van der Waals surface area contributed by atoms with Crippen LogP contribution in [0, 0.1) is 6.92 Å². The second-order valence-electron chi connectivity index (χ2n) is 3.95. The van der Waals surface area contributed by atoms with Gasteiger partial charge in [0.1, 0.15) is 11.4 Å². The molecule has 0 amide bonds. The maximum atomic E-state index is 11.0. The van der Waals surface area contributed by atoms with Gasteiger partial charge in [-0.15, -0.1) is 0 Å². The van der Waals surface area contributed by atoms with E-state index in [4.69, 9.17) is 4.74 Å². The Kier molecular flexibility index (Phi) is 4.43. The second-order valence-corrected chi connectivity index (χ2v) is 3.95. The largest absolute Gasteiger partial charge is 0.494 e. The summed E-state index contributed by atoms with van der Waals surface area (Å²) in [4.78, 5) is 14.8. The highest BCUT2D eigenvalue weighted by molar-refractivity contribution is 5.80. The van der Waals surface area contributed by atoms with Crippen LogP contribution in [0.3, 0.4) is 0 Å². The normalized spacial score (nSPS) is 10.7. The van der Waals surface area contributed by atoms with Crippen LogP contribution in [-0.4, -0.2) is 28.0 Å². The predicted molar refractivity (Wildman–Crippen MR) is 76.2 cm³/mol. The Hall–Kier alpha value is -2.70. The first-order valence-corrected chi connectivity index (χ1v) is 6.14. The standard InChI is InChI=1S/C13H15N5O2/c1-3-20-11-6-4-10(5-7-11)8-14-17-12-9(2)16-18-13(19)15-12/h4-8H,3H2,1-2H3,(H2,15,17,18,19)/b14-8+. The monoisotopic (exact) mass is 273 g/mol. The lowest BCUT2D eigenvalue weighted by molar-refractivity contribution is 0.340. The van der Waals surface area contributed by atoms with Gasteiger partial charge in [-0.25, -0.2) is 9.89 Å². The van der Waals surface area contributed by atoms with Gasteiger partial charge in [0, 0.05) is 0 Å². The molecule has 1 heterocycles. The number of hydrogen-bond donors (Lipinski definition) is 2. The van der Waals surface area contributed by atoms with Crippen molar-refractivity contribution in [1.82, 2.24) is 15.2 Å². The number of aromatic amines is 1. The maximum Gasteiger partial charge on any atom is 0.363 e. The third-order valence-electron chi connectivity index (χ3n) is 2.45. The van der Waals surface area contributed by atoms with E-state index in [1.54, 1.807) is 13.1 Å². The van der Waals surface area contributed by atoms with Crippen molar-refractivity contribution in [2.75, 3.05) is 12.0 Å². The first kappa shape index (κ1) is 13.7. The molecular formula is C13H15N5O2. The van der Waals surface area contributed by atoms with E-state index in [0.717, 1.165) is 11.3 Å². The van der Waals surface area contributed by atoms with E-state index in [0.29, 0.717) is 18.1 Å². The molecule has 2 aromatic rings. The molecule has 7 nitrogen and oxygen atoms in total. The highest BCUT2D eigenvalue weighted by atomic mass is 16.5. The van der Waals surface area contributed by atoms with Gasteiger partial charge in [-0.05, 0) is 43.7 Å². The van der Waals surface area contributed by atoms with Crippen molar-refractivity contribution >= 4 is 12.0 Å². The average Bonchev–Trinajstić information content (AvgIpc) is 2.45. The molecule has 0 aliphatic rings. The molecule has 2 N–H and O–H groups in total. The van der Waals surface area contributed by atoms with Crippen LogP contribution >= 0.6 is 0 Å². The van der Waals surface area contributed by atoms with Crippen molar-refractivity contribution in [3.8, 4) is 5.75 Å². The summed E-state index contributed by atoms with van der Waals surface area (Å²) in [5.74, 6) is 1.14.